The van der Waals surface area contributed by atoms with E-state index in [4.69, 9.17) is 0 Å². The van der Waals surface area contributed by atoms with Gasteiger partial charge in [-0.3, -0.25) is 0 Å². The number of aryl methyl sites for hydroxylation is 2. The Morgan fingerprint density at radius 3 is 1.31 bits per heavy atom. The SMILES string of the molecule is CCn1c2ccccc2c2cc(-c3ccc(-c4c5c(c(-c6ccc(-c7ccc8c(c7)c7ccccc7n8CC)cc6)c6ccccc46)CC(C)(C)C(C)=C5)cc3)ccc21. The summed E-state index contributed by atoms with van der Waals surface area (Å²) in [6.07, 6.45) is 3.48. The first-order chi connectivity index (χ1) is 28.8. The molecule has 8 aromatic carbocycles. The second-order valence-electron chi connectivity index (χ2n) is 17.2. The molecule has 0 unspecified atom stereocenters. The van der Waals surface area contributed by atoms with E-state index in [0.29, 0.717) is 0 Å². The molecule has 0 aliphatic heterocycles. The summed E-state index contributed by atoms with van der Waals surface area (Å²) in [7, 11) is 0. The number of hydrogen-bond donors (Lipinski definition) is 0. The Hall–Kier alpha value is -6.64. The molecule has 0 radical (unpaired) electrons. The van der Waals surface area contributed by atoms with Crippen LogP contribution in [0.3, 0.4) is 0 Å². The average molecular weight is 761 g/mol. The molecular formula is C57H48N2. The summed E-state index contributed by atoms with van der Waals surface area (Å²) in [5.41, 5.74) is 19.7. The molecule has 2 heterocycles. The van der Waals surface area contributed by atoms with Gasteiger partial charge >= 0.3 is 0 Å². The van der Waals surface area contributed by atoms with Crippen LogP contribution in [0, 0.1) is 5.41 Å². The summed E-state index contributed by atoms with van der Waals surface area (Å²) >= 11 is 0. The molecule has 1 aliphatic carbocycles. The van der Waals surface area contributed by atoms with Crippen molar-refractivity contribution in [2.75, 3.05) is 0 Å². The van der Waals surface area contributed by atoms with E-state index in [0.717, 1.165) is 19.5 Å². The van der Waals surface area contributed by atoms with Crippen LogP contribution in [-0.4, -0.2) is 9.13 Å². The van der Waals surface area contributed by atoms with Crippen molar-refractivity contribution in [1.29, 1.82) is 0 Å². The molecule has 11 rings (SSSR count). The first kappa shape index (κ1) is 35.5. The van der Waals surface area contributed by atoms with Gasteiger partial charge in [-0.1, -0.05) is 147 Å². The maximum Gasteiger partial charge on any atom is 0.0491 e. The highest BCUT2D eigenvalue weighted by atomic mass is 15.0. The van der Waals surface area contributed by atoms with Crippen LogP contribution >= 0.6 is 0 Å². The van der Waals surface area contributed by atoms with E-state index in [1.165, 1.54) is 116 Å². The lowest BCUT2D eigenvalue weighted by Crippen LogP contribution is -2.22. The zero-order chi connectivity index (χ0) is 40.0. The molecule has 0 spiro atoms. The predicted octanol–water partition coefficient (Wildman–Crippen LogP) is 15.7. The lowest BCUT2D eigenvalue weighted by atomic mass is 9.69. The van der Waals surface area contributed by atoms with Crippen molar-refractivity contribution in [1.82, 2.24) is 9.13 Å². The quantitative estimate of drug-likeness (QED) is 0.160. The van der Waals surface area contributed by atoms with Crippen LogP contribution in [0.5, 0.6) is 0 Å². The molecule has 2 heteroatoms. The highest BCUT2D eigenvalue weighted by molar-refractivity contribution is 6.12. The number of rotatable bonds is 6. The third-order valence-electron chi connectivity index (χ3n) is 13.6. The minimum atomic E-state index is 0.0535. The largest absolute Gasteiger partial charge is 0.341 e. The summed E-state index contributed by atoms with van der Waals surface area (Å²) in [5, 5.41) is 7.88. The Balaban J connectivity index is 1.03. The number of aromatic nitrogens is 2. The first-order valence-electron chi connectivity index (χ1n) is 21.3. The van der Waals surface area contributed by atoms with Crippen LogP contribution < -0.4 is 0 Å². The highest BCUT2D eigenvalue weighted by Gasteiger charge is 2.31. The molecule has 0 fully saturated rings. The van der Waals surface area contributed by atoms with E-state index >= 15 is 0 Å². The molecule has 0 saturated heterocycles. The number of para-hydroxylation sites is 2. The second-order valence-corrected chi connectivity index (χ2v) is 17.2. The fraction of sp³-hybridized carbons (Fsp3) is 0.158. The van der Waals surface area contributed by atoms with Gasteiger partial charge in [0, 0.05) is 56.7 Å². The van der Waals surface area contributed by atoms with Crippen LogP contribution in [0.25, 0.3) is 105 Å². The van der Waals surface area contributed by atoms with E-state index in [9.17, 15) is 0 Å². The monoisotopic (exact) mass is 760 g/mol. The standard InChI is InChI=1S/C57H48N2/c1-6-58-51-18-12-10-14-43(51)47-33-41(28-30-53(47)58)37-20-24-39(25-21-37)55-45-16-8-9-17-46(45)56(50-35-57(4,5)36(3)32-49(50)55)40-26-22-38(23-27-40)42-29-31-54-48(34-42)44-15-11-13-19-52(44)59(54)7-2/h8-34H,6-7,35H2,1-5H3. The van der Waals surface area contributed by atoms with Gasteiger partial charge in [0.1, 0.15) is 0 Å². The van der Waals surface area contributed by atoms with E-state index in [1.807, 2.05) is 0 Å². The molecule has 0 saturated carbocycles. The molecule has 1 aliphatic rings. The number of allylic oxidation sites excluding steroid dienone is 1. The van der Waals surface area contributed by atoms with Crippen molar-refractivity contribution in [2.45, 2.75) is 54.1 Å². The molecular weight excluding hydrogens is 713 g/mol. The molecule has 0 atom stereocenters. The Bertz CT molecular complexity index is 3330. The lowest BCUT2D eigenvalue weighted by molar-refractivity contribution is 0.442. The van der Waals surface area contributed by atoms with Crippen LogP contribution in [0.15, 0.2) is 163 Å². The van der Waals surface area contributed by atoms with E-state index in [-0.39, 0.29) is 5.41 Å². The van der Waals surface area contributed by atoms with Gasteiger partial charge in [-0.05, 0) is 135 Å². The fourth-order valence-corrected chi connectivity index (χ4v) is 10.3. The van der Waals surface area contributed by atoms with Crippen molar-refractivity contribution in [3.05, 3.63) is 174 Å². The van der Waals surface area contributed by atoms with Crippen LogP contribution in [0.4, 0.5) is 0 Å². The minimum Gasteiger partial charge on any atom is -0.341 e. The Labute approximate surface area is 346 Å². The summed E-state index contributed by atoms with van der Waals surface area (Å²) in [6.45, 7) is 13.5. The lowest BCUT2D eigenvalue weighted by Gasteiger charge is -2.35. The average Bonchev–Trinajstić information content (AvgIpc) is 3.77. The van der Waals surface area contributed by atoms with Gasteiger partial charge < -0.3 is 9.13 Å². The molecule has 10 aromatic rings. The Morgan fingerprint density at radius 2 is 0.814 bits per heavy atom. The highest BCUT2D eigenvalue weighted by Crippen LogP contribution is 2.50. The van der Waals surface area contributed by atoms with Crippen LogP contribution in [0.2, 0.25) is 0 Å². The Kier molecular flexibility index (Phi) is 8.10. The van der Waals surface area contributed by atoms with Crippen molar-refractivity contribution in [3.63, 3.8) is 0 Å². The zero-order valence-electron chi connectivity index (χ0n) is 34.6. The topological polar surface area (TPSA) is 9.86 Å². The molecule has 0 amide bonds. The molecule has 2 nitrogen and oxygen atoms in total. The summed E-state index contributed by atoms with van der Waals surface area (Å²) < 4.78 is 4.85. The second kappa shape index (κ2) is 13.5. The number of benzene rings is 8. The number of hydrogen-bond acceptors (Lipinski definition) is 0. The van der Waals surface area contributed by atoms with Gasteiger partial charge in [0.25, 0.3) is 0 Å². The maximum atomic E-state index is 2.49. The normalized spacial score (nSPS) is 13.8. The van der Waals surface area contributed by atoms with E-state index in [2.05, 4.69) is 208 Å². The number of nitrogens with zero attached hydrogens (tertiary/aromatic N) is 2. The molecule has 59 heavy (non-hydrogen) atoms. The molecule has 286 valence electrons. The van der Waals surface area contributed by atoms with Gasteiger partial charge in [0.2, 0.25) is 0 Å². The van der Waals surface area contributed by atoms with Gasteiger partial charge in [-0.2, -0.15) is 0 Å². The third-order valence-corrected chi connectivity index (χ3v) is 13.6. The zero-order valence-corrected chi connectivity index (χ0v) is 34.6. The minimum absolute atomic E-state index is 0.0535. The third kappa shape index (κ3) is 5.46. The molecule has 0 N–H and O–H groups in total. The number of fused-ring (bicyclic) bond motifs is 8. The van der Waals surface area contributed by atoms with Gasteiger partial charge in [-0.15, -0.1) is 0 Å². The van der Waals surface area contributed by atoms with Crippen molar-refractivity contribution < 1.29 is 0 Å². The van der Waals surface area contributed by atoms with Crippen LogP contribution in [0.1, 0.15) is 45.7 Å². The van der Waals surface area contributed by atoms with Crippen molar-refractivity contribution in [2.24, 2.45) is 5.41 Å². The molecule has 2 aromatic heterocycles. The van der Waals surface area contributed by atoms with Crippen molar-refractivity contribution >= 4 is 60.5 Å². The van der Waals surface area contributed by atoms with Crippen LogP contribution in [-0.2, 0) is 19.5 Å². The summed E-state index contributed by atoms with van der Waals surface area (Å²) in [6, 6.07) is 59.4. The predicted molar refractivity (Wildman–Crippen MR) is 254 cm³/mol. The summed E-state index contributed by atoms with van der Waals surface area (Å²) in [4.78, 5) is 0. The smallest absolute Gasteiger partial charge is 0.0491 e. The van der Waals surface area contributed by atoms with Gasteiger partial charge in [-0.25, -0.2) is 0 Å². The van der Waals surface area contributed by atoms with Gasteiger partial charge in [0.05, 0.1) is 0 Å². The van der Waals surface area contributed by atoms with E-state index in [1.54, 1.807) is 0 Å². The van der Waals surface area contributed by atoms with E-state index < -0.39 is 0 Å². The van der Waals surface area contributed by atoms with Gasteiger partial charge in [0.15, 0.2) is 0 Å². The first-order valence-corrected chi connectivity index (χ1v) is 21.3. The Morgan fingerprint density at radius 1 is 0.424 bits per heavy atom. The maximum absolute atomic E-state index is 2.49. The summed E-state index contributed by atoms with van der Waals surface area (Å²) in [5.74, 6) is 0. The molecule has 0 bridgehead atoms. The van der Waals surface area contributed by atoms with Crippen molar-refractivity contribution in [3.8, 4) is 44.5 Å². The fourth-order valence-electron chi connectivity index (χ4n) is 10.3.